The Balaban J connectivity index is 5.28. The molecule has 0 heterocycles. The first-order valence-corrected chi connectivity index (χ1v) is 41.7. The number of unbranched alkanes of at least 4 members (excludes halogenated alkanes) is 38. The Bertz CT molecular complexity index is 1850. The Labute approximate surface area is 575 Å². The van der Waals surface area contributed by atoms with Crippen LogP contribution >= 0.6 is 15.6 Å². The first-order valence-electron chi connectivity index (χ1n) is 38.7. The second-order valence-corrected chi connectivity index (χ2v) is 31.9. The molecule has 19 heteroatoms. The lowest BCUT2D eigenvalue weighted by molar-refractivity contribution is -0.161. The molecule has 558 valence electrons. The summed E-state index contributed by atoms with van der Waals surface area (Å²) in [7, 11) is -9.91. The zero-order chi connectivity index (χ0) is 69.6. The van der Waals surface area contributed by atoms with Crippen molar-refractivity contribution in [3.63, 3.8) is 0 Å². The number of aliphatic hydroxyl groups is 1. The molecule has 0 aliphatic heterocycles. The fraction of sp³-hybridized carbons (Fsp3) is 0.947. The van der Waals surface area contributed by atoms with E-state index in [1.807, 2.05) is 0 Å². The minimum atomic E-state index is -4.96. The number of esters is 4. The van der Waals surface area contributed by atoms with Crippen LogP contribution in [0.4, 0.5) is 0 Å². The lowest BCUT2D eigenvalue weighted by Crippen LogP contribution is -2.30. The number of hydrogen-bond donors (Lipinski definition) is 3. The van der Waals surface area contributed by atoms with Gasteiger partial charge in [-0.15, -0.1) is 0 Å². The topological polar surface area (TPSA) is 237 Å². The molecule has 0 spiro atoms. The van der Waals surface area contributed by atoms with Gasteiger partial charge in [0.2, 0.25) is 0 Å². The molecule has 2 unspecified atom stereocenters. The van der Waals surface area contributed by atoms with Crippen LogP contribution in [-0.4, -0.2) is 96.7 Å². The number of phosphoric acid groups is 2. The molecule has 0 rings (SSSR count). The molecule has 0 bridgehead atoms. The molecule has 0 aliphatic carbocycles. The van der Waals surface area contributed by atoms with Gasteiger partial charge < -0.3 is 33.8 Å². The van der Waals surface area contributed by atoms with Crippen LogP contribution in [0.5, 0.6) is 0 Å². The Morgan fingerprint density at radius 3 is 0.660 bits per heavy atom. The van der Waals surface area contributed by atoms with E-state index in [4.69, 9.17) is 37.0 Å². The first kappa shape index (κ1) is 92.1. The molecule has 0 saturated carbocycles. The van der Waals surface area contributed by atoms with E-state index in [1.165, 1.54) is 180 Å². The van der Waals surface area contributed by atoms with Gasteiger partial charge >= 0.3 is 39.5 Å². The summed E-state index contributed by atoms with van der Waals surface area (Å²) in [6, 6.07) is 0. The van der Waals surface area contributed by atoms with Crippen molar-refractivity contribution in [2.45, 2.75) is 395 Å². The van der Waals surface area contributed by atoms with Gasteiger partial charge in [-0.3, -0.25) is 37.3 Å². The maximum absolute atomic E-state index is 13.1. The summed E-state index contributed by atoms with van der Waals surface area (Å²) in [5.41, 5.74) is 0. The Morgan fingerprint density at radius 2 is 0.447 bits per heavy atom. The van der Waals surface area contributed by atoms with E-state index in [1.54, 1.807) is 0 Å². The zero-order valence-electron chi connectivity index (χ0n) is 61.6. The third-order valence-corrected chi connectivity index (χ3v) is 19.2. The van der Waals surface area contributed by atoms with E-state index in [9.17, 15) is 43.2 Å². The second kappa shape index (κ2) is 64.4. The quantitative estimate of drug-likeness (QED) is 0.0222. The van der Waals surface area contributed by atoms with Gasteiger partial charge in [-0.1, -0.05) is 325 Å². The summed E-state index contributed by atoms with van der Waals surface area (Å²) in [5, 5.41) is 10.6. The van der Waals surface area contributed by atoms with Crippen molar-refractivity contribution in [3.8, 4) is 0 Å². The summed E-state index contributed by atoms with van der Waals surface area (Å²) < 4.78 is 68.5. The van der Waals surface area contributed by atoms with Crippen molar-refractivity contribution in [1.82, 2.24) is 0 Å². The van der Waals surface area contributed by atoms with E-state index in [2.05, 4.69) is 55.4 Å². The van der Waals surface area contributed by atoms with Crippen molar-refractivity contribution in [2.75, 3.05) is 39.6 Å². The zero-order valence-corrected chi connectivity index (χ0v) is 63.4. The van der Waals surface area contributed by atoms with E-state index in [-0.39, 0.29) is 25.7 Å². The summed E-state index contributed by atoms with van der Waals surface area (Å²) in [6.45, 7) is 14.2. The van der Waals surface area contributed by atoms with Crippen molar-refractivity contribution < 1.29 is 80.2 Å². The van der Waals surface area contributed by atoms with E-state index < -0.39 is 97.5 Å². The van der Waals surface area contributed by atoms with Gasteiger partial charge in [0, 0.05) is 25.7 Å². The first-order chi connectivity index (χ1) is 45.1. The fourth-order valence-corrected chi connectivity index (χ4v) is 13.0. The lowest BCUT2D eigenvalue weighted by Gasteiger charge is -2.21. The fourth-order valence-electron chi connectivity index (χ4n) is 11.4. The van der Waals surface area contributed by atoms with Gasteiger partial charge in [0.15, 0.2) is 12.2 Å². The summed E-state index contributed by atoms with van der Waals surface area (Å²) in [5.74, 6) is 0.924. The van der Waals surface area contributed by atoms with Crippen LogP contribution < -0.4 is 0 Å². The standard InChI is InChI=1S/C75H146O17P2/c1-65(2)51-43-35-27-19-12-9-15-23-31-39-47-55-72(77)85-61-70(91-74(79)57-49-41-33-24-16-10-13-20-28-36-44-52-66(3)4)63-89-93(81,82)87-59-69(76)60-88-94(83,84)90-64-71(62-86-73(78)56-48-40-32-26-18-22-30-38-46-54-68(7)8)92-75(80)58-50-42-34-25-17-11-14-21-29-37-45-53-67(5)6/h65-71,76H,9-64H2,1-8H3,(H,81,82)(H,83,84)/t69-,70-,71-/m1/s1. The van der Waals surface area contributed by atoms with Crippen LogP contribution in [-0.2, 0) is 65.4 Å². The van der Waals surface area contributed by atoms with E-state index in [0.29, 0.717) is 25.7 Å². The predicted octanol–water partition coefficient (Wildman–Crippen LogP) is 21.7. The molecule has 0 amide bonds. The van der Waals surface area contributed by atoms with Crippen molar-refractivity contribution in [1.29, 1.82) is 0 Å². The maximum Gasteiger partial charge on any atom is 0.472 e. The van der Waals surface area contributed by atoms with Crippen molar-refractivity contribution in [3.05, 3.63) is 0 Å². The average Bonchev–Trinajstić information content (AvgIpc) is 2.07. The molecule has 5 atom stereocenters. The third-order valence-electron chi connectivity index (χ3n) is 17.3. The highest BCUT2D eigenvalue weighted by Crippen LogP contribution is 2.45. The Morgan fingerprint density at radius 1 is 0.266 bits per heavy atom. The number of aliphatic hydroxyl groups excluding tert-OH is 1. The third kappa shape index (κ3) is 68.6. The largest absolute Gasteiger partial charge is 0.472 e. The van der Waals surface area contributed by atoms with Gasteiger partial charge in [-0.25, -0.2) is 9.13 Å². The minimum Gasteiger partial charge on any atom is -0.462 e. The SMILES string of the molecule is CC(C)CCCCCCCCCCCCCC(=O)OC[C@H](COP(=O)(O)OC[C@@H](O)COP(=O)(O)OC[C@@H](COC(=O)CCCCCCCCCCCC(C)C)OC(=O)CCCCCCCCCCCCCC(C)C)OC(=O)CCCCCCCCCCCCCC(C)C. The summed E-state index contributed by atoms with van der Waals surface area (Å²) in [6.07, 6.45) is 48.5. The number of rotatable bonds is 72. The van der Waals surface area contributed by atoms with Crippen molar-refractivity contribution >= 4 is 39.5 Å². The molecule has 3 N–H and O–H groups in total. The molecule has 0 aromatic rings. The smallest absolute Gasteiger partial charge is 0.462 e. The second-order valence-electron chi connectivity index (χ2n) is 28.9. The highest BCUT2D eigenvalue weighted by molar-refractivity contribution is 7.47. The molecule has 0 fully saturated rings. The lowest BCUT2D eigenvalue weighted by atomic mass is 10.0. The monoisotopic (exact) mass is 1380 g/mol. The van der Waals surface area contributed by atoms with Crippen LogP contribution in [0.25, 0.3) is 0 Å². The van der Waals surface area contributed by atoms with Gasteiger partial charge in [0.25, 0.3) is 0 Å². The Hall–Kier alpha value is -1.94. The molecule has 94 heavy (non-hydrogen) atoms. The van der Waals surface area contributed by atoms with Crippen molar-refractivity contribution in [2.24, 2.45) is 23.7 Å². The highest BCUT2D eigenvalue weighted by atomic mass is 31.2. The normalized spacial score (nSPS) is 14.2. The van der Waals surface area contributed by atoms with Gasteiger partial charge in [-0.05, 0) is 49.4 Å². The van der Waals surface area contributed by atoms with Gasteiger partial charge in [0.1, 0.15) is 19.3 Å². The number of ether oxygens (including phenoxy) is 4. The number of hydrogen-bond acceptors (Lipinski definition) is 15. The minimum absolute atomic E-state index is 0.106. The molecule has 0 radical (unpaired) electrons. The average molecular weight is 1380 g/mol. The number of carbonyl (C=O) groups is 4. The van der Waals surface area contributed by atoms with Crippen LogP contribution in [0.2, 0.25) is 0 Å². The summed E-state index contributed by atoms with van der Waals surface area (Å²) in [4.78, 5) is 72.8. The van der Waals surface area contributed by atoms with Gasteiger partial charge in [-0.2, -0.15) is 0 Å². The van der Waals surface area contributed by atoms with Gasteiger partial charge in [0.05, 0.1) is 26.4 Å². The predicted molar refractivity (Wildman–Crippen MR) is 381 cm³/mol. The van der Waals surface area contributed by atoms with E-state index >= 15 is 0 Å². The van der Waals surface area contributed by atoms with Crippen LogP contribution in [0.1, 0.15) is 376 Å². The van der Waals surface area contributed by atoms with Crippen LogP contribution in [0, 0.1) is 23.7 Å². The molecule has 0 aromatic heterocycles. The highest BCUT2D eigenvalue weighted by Gasteiger charge is 2.30. The molecule has 0 aliphatic rings. The maximum atomic E-state index is 13.1. The molecular formula is C75H146O17P2. The number of phosphoric ester groups is 2. The number of carbonyl (C=O) groups excluding carboxylic acids is 4. The molecule has 0 aromatic carbocycles. The molecule has 17 nitrogen and oxygen atoms in total. The Kier molecular flexibility index (Phi) is 63.1. The van der Waals surface area contributed by atoms with Crippen LogP contribution in [0.3, 0.4) is 0 Å². The van der Waals surface area contributed by atoms with Crippen LogP contribution in [0.15, 0.2) is 0 Å². The molecular weight excluding hydrogens is 1230 g/mol. The van der Waals surface area contributed by atoms with E-state index in [0.717, 1.165) is 114 Å². The molecule has 0 saturated heterocycles. The summed E-state index contributed by atoms with van der Waals surface area (Å²) >= 11 is 0.